The molecule has 78 valence electrons. The standard InChI is InChI=1S/C10H10N2O3/c1-6-11-8-3-2-7(4-9(8)12-6)15-5-10(13)14/h2-4H,5H2,1H3,(H,11,12)(H,13,14). The highest BCUT2D eigenvalue weighted by Crippen LogP contribution is 2.18. The molecule has 5 nitrogen and oxygen atoms in total. The number of aliphatic carboxylic acids is 1. The molecule has 0 saturated heterocycles. The van der Waals surface area contributed by atoms with E-state index in [-0.39, 0.29) is 6.61 Å². The quantitative estimate of drug-likeness (QED) is 0.794. The van der Waals surface area contributed by atoms with Gasteiger partial charge in [-0.2, -0.15) is 0 Å². The van der Waals surface area contributed by atoms with Crippen LogP contribution in [0.4, 0.5) is 0 Å². The molecule has 0 bridgehead atoms. The SMILES string of the molecule is Cc1nc2ccc(OCC(=O)O)cc2[nH]1. The van der Waals surface area contributed by atoms with Crippen LogP contribution in [0.25, 0.3) is 11.0 Å². The second-order valence-electron chi connectivity index (χ2n) is 3.18. The van der Waals surface area contributed by atoms with Crippen molar-refractivity contribution in [1.82, 2.24) is 9.97 Å². The van der Waals surface area contributed by atoms with Crippen molar-refractivity contribution in [3.8, 4) is 5.75 Å². The molecule has 15 heavy (non-hydrogen) atoms. The lowest BCUT2D eigenvalue weighted by Gasteiger charge is -2.01. The zero-order chi connectivity index (χ0) is 10.8. The van der Waals surface area contributed by atoms with Crippen molar-refractivity contribution >= 4 is 17.0 Å². The van der Waals surface area contributed by atoms with Crippen LogP contribution in [0.5, 0.6) is 5.75 Å². The van der Waals surface area contributed by atoms with Crippen LogP contribution in [0.3, 0.4) is 0 Å². The zero-order valence-corrected chi connectivity index (χ0v) is 8.15. The number of hydrogen-bond acceptors (Lipinski definition) is 3. The number of imidazole rings is 1. The number of hydrogen-bond donors (Lipinski definition) is 2. The summed E-state index contributed by atoms with van der Waals surface area (Å²) < 4.78 is 5.04. The molecule has 1 heterocycles. The number of aromatic nitrogens is 2. The summed E-state index contributed by atoms with van der Waals surface area (Å²) in [5.41, 5.74) is 1.69. The van der Waals surface area contributed by atoms with Gasteiger partial charge in [0.2, 0.25) is 0 Å². The number of carboxylic acids is 1. The summed E-state index contributed by atoms with van der Waals surface area (Å²) in [5, 5.41) is 8.45. The largest absolute Gasteiger partial charge is 0.482 e. The Kier molecular flexibility index (Phi) is 2.29. The van der Waals surface area contributed by atoms with E-state index < -0.39 is 5.97 Å². The minimum absolute atomic E-state index is 0.335. The van der Waals surface area contributed by atoms with Crippen LogP contribution in [0.2, 0.25) is 0 Å². The highest BCUT2D eigenvalue weighted by Gasteiger charge is 2.03. The van der Waals surface area contributed by atoms with Crippen molar-refractivity contribution in [3.63, 3.8) is 0 Å². The summed E-state index contributed by atoms with van der Waals surface area (Å²) in [5.74, 6) is 0.352. The molecule has 0 amide bonds. The minimum Gasteiger partial charge on any atom is -0.482 e. The maximum Gasteiger partial charge on any atom is 0.341 e. The van der Waals surface area contributed by atoms with Crippen molar-refractivity contribution < 1.29 is 14.6 Å². The molecule has 1 aromatic heterocycles. The van der Waals surface area contributed by atoms with E-state index in [1.807, 2.05) is 6.92 Å². The van der Waals surface area contributed by atoms with Gasteiger partial charge in [-0.1, -0.05) is 0 Å². The number of H-pyrrole nitrogens is 1. The molecule has 2 aromatic rings. The van der Waals surface area contributed by atoms with Crippen LogP contribution in [0, 0.1) is 6.92 Å². The second-order valence-corrected chi connectivity index (χ2v) is 3.18. The van der Waals surface area contributed by atoms with Crippen molar-refractivity contribution in [2.45, 2.75) is 6.92 Å². The molecule has 0 saturated carbocycles. The Labute approximate surface area is 85.7 Å². The molecule has 1 aromatic carbocycles. The summed E-state index contributed by atoms with van der Waals surface area (Å²) in [6.07, 6.45) is 0. The third-order valence-electron chi connectivity index (χ3n) is 1.93. The normalized spacial score (nSPS) is 10.5. The molecule has 0 aliphatic rings. The molecular weight excluding hydrogens is 196 g/mol. The summed E-state index contributed by atoms with van der Waals surface area (Å²) in [6, 6.07) is 5.22. The summed E-state index contributed by atoms with van der Waals surface area (Å²) in [4.78, 5) is 17.6. The molecular formula is C10H10N2O3. The number of ether oxygens (including phenoxy) is 1. The molecule has 0 spiro atoms. The molecule has 2 rings (SSSR count). The molecule has 0 aliphatic heterocycles. The zero-order valence-electron chi connectivity index (χ0n) is 8.15. The number of nitrogens with one attached hydrogen (secondary N) is 1. The lowest BCUT2D eigenvalue weighted by atomic mass is 10.3. The van der Waals surface area contributed by atoms with Gasteiger partial charge in [0.1, 0.15) is 11.6 Å². The Morgan fingerprint density at radius 3 is 3.13 bits per heavy atom. The molecule has 0 aliphatic carbocycles. The van der Waals surface area contributed by atoms with E-state index in [0.717, 1.165) is 16.9 Å². The average Bonchev–Trinajstić information content (AvgIpc) is 2.53. The Balaban J connectivity index is 2.26. The minimum atomic E-state index is -0.990. The number of aromatic amines is 1. The van der Waals surface area contributed by atoms with Crippen LogP contribution >= 0.6 is 0 Å². The first kappa shape index (κ1) is 9.51. The second kappa shape index (κ2) is 3.61. The molecule has 2 N–H and O–H groups in total. The van der Waals surface area contributed by atoms with Gasteiger partial charge < -0.3 is 14.8 Å². The Morgan fingerprint density at radius 2 is 2.40 bits per heavy atom. The van der Waals surface area contributed by atoms with Crippen LogP contribution in [0.1, 0.15) is 5.82 Å². The smallest absolute Gasteiger partial charge is 0.341 e. The average molecular weight is 206 g/mol. The first-order chi connectivity index (χ1) is 7.15. The van der Waals surface area contributed by atoms with E-state index in [1.165, 1.54) is 0 Å². The predicted molar refractivity (Wildman–Crippen MR) is 54.0 cm³/mol. The third kappa shape index (κ3) is 2.07. The first-order valence-corrected chi connectivity index (χ1v) is 4.46. The van der Waals surface area contributed by atoms with Crippen LogP contribution in [-0.4, -0.2) is 27.7 Å². The highest BCUT2D eigenvalue weighted by molar-refractivity contribution is 5.77. The molecule has 0 atom stereocenters. The van der Waals surface area contributed by atoms with Crippen LogP contribution < -0.4 is 4.74 Å². The lowest BCUT2D eigenvalue weighted by Crippen LogP contribution is -2.09. The van der Waals surface area contributed by atoms with Crippen LogP contribution in [0.15, 0.2) is 18.2 Å². The van der Waals surface area contributed by atoms with E-state index in [1.54, 1.807) is 18.2 Å². The fourth-order valence-electron chi connectivity index (χ4n) is 1.35. The maximum atomic E-state index is 10.3. The van der Waals surface area contributed by atoms with E-state index in [2.05, 4.69) is 9.97 Å². The topological polar surface area (TPSA) is 75.2 Å². The van der Waals surface area contributed by atoms with Gasteiger partial charge in [-0.3, -0.25) is 0 Å². The van der Waals surface area contributed by atoms with Gasteiger partial charge in [-0.15, -0.1) is 0 Å². The van der Waals surface area contributed by atoms with E-state index in [9.17, 15) is 4.79 Å². The number of nitrogens with zero attached hydrogens (tertiary/aromatic N) is 1. The van der Waals surface area contributed by atoms with Gasteiger partial charge in [0.15, 0.2) is 6.61 Å². The monoisotopic (exact) mass is 206 g/mol. The Bertz CT molecular complexity index is 504. The predicted octanol–water partition coefficient (Wildman–Crippen LogP) is 1.33. The van der Waals surface area contributed by atoms with Crippen LogP contribution in [-0.2, 0) is 4.79 Å². The van der Waals surface area contributed by atoms with E-state index >= 15 is 0 Å². The summed E-state index contributed by atoms with van der Waals surface area (Å²) in [6.45, 7) is 1.52. The van der Waals surface area contributed by atoms with Crippen molar-refractivity contribution in [3.05, 3.63) is 24.0 Å². The maximum absolute atomic E-state index is 10.3. The van der Waals surface area contributed by atoms with Crippen molar-refractivity contribution in [2.75, 3.05) is 6.61 Å². The molecule has 0 fully saturated rings. The Hall–Kier alpha value is -2.04. The van der Waals surface area contributed by atoms with Gasteiger partial charge in [-0.25, -0.2) is 9.78 Å². The fraction of sp³-hybridized carbons (Fsp3) is 0.200. The number of carbonyl (C=O) groups is 1. The summed E-state index contributed by atoms with van der Waals surface area (Å²) >= 11 is 0. The van der Waals surface area contributed by atoms with Gasteiger partial charge in [0.25, 0.3) is 0 Å². The lowest BCUT2D eigenvalue weighted by molar-refractivity contribution is -0.139. The number of fused-ring (bicyclic) bond motifs is 1. The van der Waals surface area contributed by atoms with Gasteiger partial charge in [0, 0.05) is 6.07 Å². The highest BCUT2D eigenvalue weighted by atomic mass is 16.5. The Morgan fingerprint density at radius 1 is 1.60 bits per heavy atom. The third-order valence-corrected chi connectivity index (χ3v) is 1.93. The number of benzene rings is 1. The van der Waals surface area contributed by atoms with E-state index in [4.69, 9.17) is 9.84 Å². The molecule has 0 unspecified atom stereocenters. The van der Waals surface area contributed by atoms with Crippen molar-refractivity contribution in [1.29, 1.82) is 0 Å². The number of rotatable bonds is 3. The van der Waals surface area contributed by atoms with Gasteiger partial charge in [0.05, 0.1) is 11.0 Å². The van der Waals surface area contributed by atoms with Crippen molar-refractivity contribution in [2.24, 2.45) is 0 Å². The number of carboxylic acid groups (broad SMARTS) is 1. The fourth-order valence-corrected chi connectivity index (χ4v) is 1.35. The summed E-state index contributed by atoms with van der Waals surface area (Å²) in [7, 11) is 0. The molecule has 5 heteroatoms. The van der Waals surface area contributed by atoms with Gasteiger partial charge in [-0.05, 0) is 19.1 Å². The van der Waals surface area contributed by atoms with Gasteiger partial charge >= 0.3 is 5.97 Å². The number of aryl methyl sites for hydroxylation is 1. The molecule has 0 radical (unpaired) electrons. The van der Waals surface area contributed by atoms with E-state index in [0.29, 0.717) is 5.75 Å². The first-order valence-electron chi connectivity index (χ1n) is 4.46.